The molecule has 7 heteroatoms. The van der Waals surface area contributed by atoms with Gasteiger partial charge >= 0.3 is 0 Å². The maximum absolute atomic E-state index is 12.4. The van der Waals surface area contributed by atoms with E-state index in [1.807, 2.05) is 5.38 Å². The Balaban J connectivity index is 2.14. The summed E-state index contributed by atoms with van der Waals surface area (Å²) in [6.07, 6.45) is 1.47. The van der Waals surface area contributed by atoms with Crippen molar-refractivity contribution in [3.8, 4) is 0 Å². The molecule has 106 valence electrons. The minimum absolute atomic E-state index is 0.210. The summed E-state index contributed by atoms with van der Waals surface area (Å²) in [5, 5.41) is 7.51. The summed E-state index contributed by atoms with van der Waals surface area (Å²) in [5.74, 6) is 0.509. The van der Waals surface area contributed by atoms with Crippen LogP contribution in [0.3, 0.4) is 0 Å². The van der Waals surface area contributed by atoms with Crippen molar-refractivity contribution in [2.45, 2.75) is 6.92 Å². The molecule has 2 aromatic heterocycles. The summed E-state index contributed by atoms with van der Waals surface area (Å²) < 4.78 is 1.24. The van der Waals surface area contributed by atoms with Gasteiger partial charge in [0.1, 0.15) is 10.7 Å². The van der Waals surface area contributed by atoms with Gasteiger partial charge in [-0.3, -0.25) is 4.79 Å². The van der Waals surface area contributed by atoms with Crippen molar-refractivity contribution in [3.05, 3.63) is 61.4 Å². The number of aryl methyl sites for hydroxylation is 1. The topological polar surface area (TPSA) is 47.2 Å². The zero-order valence-corrected chi connectivity index (χ0v) is 13.2. The molecule has 21 heavy (non-hydrogen) atoms. The van der Waals surface area contributed by atoms with Crippen molar-refractivity contribution in [1.82, 2.24) is 9.66 Å². The number of halogens is 2. The second kappa shape index (κ2) is 5.60. The third-order valence-electron chi connectivity index (χ3n) is 2.94. The number of aromatic nitrogens is 2. The van der Waals surface area contributed by atoms with Gasteiger partial charge in [0.2, 0.25) is 0 Å². The average Bonchev–Trinajstić information content (AvgIpc) is 2.89. The molecule has 1 aromatic carbocycles. The molecule has 4 nitrogen and oxygen atoms in total. The van der Waals surface area contributed by atoms with Crippen LogP contribution in [0.1, 0.15) is 11.4 Å². The molecule has 0 unspecified atom stereocenters. The van der Waals surface area contributed by atoms with Crippen molar-refractivity contribution in [1.29, 1.82) is 0 Å². The number of rotatable bonds is 2. The zero-order chi connectivity index (χ0) is 15.0. The Bertz CT molecular complexity index is 894. The third-order valence-corrected chi connectivity index (χ3v) is 4.41. The van der Waals surface area contributed by atoms with Crippen LogP contribution in [0.5, 0.6) is 0 Å². The van der Waals surface area contributed by atoms with Crippen LogP contribution >= 0.6 is 34.5 Å². The quantitative estimate of drug-likeness (QED) is 0.664. The lowest BCUT2D eigenvalue weighted by molar-refractivity contribution is 0.772. The molecule has 0 spiro atoms. The summed E-state index contributed by atoms with van der Waals surface area (Å²) in [5.41, 5.74) is 0.357. The third kappa shape index (κ3) is 2.60. The zero-order valence-electron chi connectivity index (χ0n) is 10.9. The molecule has 3 rings (SSSR count). The predicted molar refractivity (Wildman–Crippen MR) is 88.1 cm³/mol. The standard InChI is InChI=1S/C14H9Cl2N3OS/c1-8-18-13-9(5-6-21-13)14(20)19(8)17-7-10-11(15)3-2-4-12(10)16/h2-7H,1H3/b17-7-. The number of benzene rings is 1. The fourth-order valence-electron chi connectivity index (χ4n) is 1.89. The molecule has 0 radical (unpaired) electrons. The van der Waals surface area contributed by atoms with Crippen LogP contribution in [-0.2, 0) is 0 Å². The molecule has 0 saturated heterocycles. The number of hydrogen-bond donors (Lipinski definition) is 0. The van der Waals surface area contributed by atoms with Gasteiger partial charge in [-0.15, -0.1) is 11.3 Å². The Labute approximate surface area is 134 Å². The summed E-state index contributed by atoms with van der Waals surface area (Å²) in [6, 6.07) is 6.91. The highest BCUT2D eigenvalue weighted by Gasteiger charge is 2.08. The molecule has 2 heterocycles. The van der Waals surface area contributed by atoms with E-state index in [0.29, 0.717) is 31.6 Å². The highest BCUT2D eigenvalue weighted by atomic mass is 35.5. The first-order valence-electron chi connectivity index (χ1n) is 6.03. The number of fused-ring (bicyclic) bond motifs is 1. The van der Waals surface area contributed by atoms with E-state index >= 15 is 0 Å². The van der Waals surface area contributed by atoms with Gasteiger partial charge in [0.05, 0.1) is 21.6 Å². The smallest absolute Gasteiger partial charge is 0.267 e. The maximum atomic E-state index is 12.4. The Morgan fingerprint density at radius 3 is 2.71 bits per heavy atom. The molecule has 0 fully saturated rings. The summed E-state index contributed by atoms with van der Waals surface area (Å²) in [4.78, 5) is 17.4. The second-order valence-electron chi connectivity index (χ2n) is 4.30. The lowest BCUT2D eigenvalue weighted by atomic mass is 10.2. The van der Waals surface area contributed by atoms with E-state index in [0.717, 1.165) is 0 Å². The SMILES string of the molecule is Cc1nc2sccc2c(=O)n1/N=C\c1c(Cl)cccc1Cl. The van der Waals surface area contributed by atoms with Crippen LogP contribution in [0.2, 0.25) is 10.0 Å². The van der Waals surface area contributed by atoms with E-state index in [9.17, 15) is 4.79 Å². The molecule has 0 bridgehead atoms. The molecular weight excluding hydrogens is 329 g/mol. The lowest BCUT2D eigenvalue weighted by Crippen LogP contribution is -2.19. The minimum atomic E-state index is -0.210. The highest BCUT2D eigenvalue weighted by molar-refractivity contribution is 7.16. The van der Waals surface area contributed by atoms with Gasteiger partial charge in [0.25, 0.3) is 5.56 Å². The normalized spacial score (nSPS) is 11.6. The number of thiophene rings is 1. The molecule has 0 saturated carbocycles. The first-order chi connectivity index (χ1) is 10.1. The highest BCUT2D eigenvalue weighted by Crippen LogP contribution is 2.22. The minimum Gasteiger partial charge on any atom is -0.267 e. The monoisotopic (exact) mass is 337 g/mol. The molecule has 0 aliphatic heterocycles. The van der Waals surface area contributed by atoms with Crippen LogP contribution < -0.4 is 5.56 Å². The fraction of sp³-hybridized carbons (Fsp3) is 0.0714. The van der Waals surface area contributed by atoms with Crippen LogP contribution in [0.15, 0.2) is 39.5 Å². The molecule has 0 N–H and O–H groups in total. The fourth-order valence-corrected chi connectivity index (χ4v) is 3.19. The van der Waals surface area contributed by atoms with Crippen LogP contribution in [0.4, 0.5) is 0 Å². The lowest BCUT2D eigenvalue weighted by Gasteiger charge is -2.04. The largest absolute Gasteiger partial charge is 0.282 e. The average molecular weight is 338 g/mol. The Hall–Kier alpha value is -1.69. The van der Waals surface area contributed by atoms with Crippen molar-refractivity contribution in [3.63, 3.8) is 0 Å². The van der Waals surface area contributed by atoms with E-state index in [2.05, 4.69) is 10.1 Å². The Morgan fingerprint density at radius 2 is 2.00 bits per heavy atom. The van der Waals surface area contributed by atoms with Gasteiger partial charge in [-0.05, 0) is 30.5 Å². The van der Waals surface area contributed by atoms with E-state index in [1.165, 1.54) is 22.2 Å². The summed E-state index contributed by atoms with van der Waals surface area (Å²) in [7, 11) is 0. The predicted octanol–water partition coefficient (Wildman–Crippen LogP) is 3.96. The van der Waals surface area contributed by atoms with Crippen molar-refractivity contribution in [2.24, 2.45) is 5.10 Å². The Morgan fingerprint density at radius 1 is 1.29 bits per heavy atom. The van der Waals surface area contributed by atoms with Crippen molar-refractivity contribution >= 4 is 51.0 Å². The molecular formula is C14H9Cl2N3OS. The van der Waals surface area contributed by atoms with Crippen LogP contribution in [-0.4, -0.2) is 15.9 Å². The summed E-state index contributed by atoms with van der Waals surface area (Å²) >= 11 is 13.6. The number of nitrogens with zero attached hydrogens (tertiary/aromatic N) is 3. The van der Waals surface area contributed by atoms with Gasteiger partial charge in [-0.2, -0.15) is 9.78 Å². The van der Waals surface area contributed by atoms with Gasteiger partial charge < -0.3 is 0 Å². The van der Waals surface area contributed by atoms with Gasteiger partial charge in [-0.25, -0.2) is 4.98 Å². The van der Waals surface area contributed by atoms with Crippen molar-refractivity contribution < 1.29 is 0 Å². The Kier molecular flexibility index (Phi) is 3.80. The van der Waals surface area contributed by atoms with Crippen molar-refractivity contribution in [2.75, 3.05) is 0 Å². The molecule has 0 aliphatic carbocycles. The maximum Gasteiger partial charge on any atom is 0.282 e. The van der Waals surface area contributed by atoms with Crippen LogP contribution in [0, 0.1) is 6.92 Å². The molecule has 0 atom stereocenters. The molecule has 0 aliphatic rings. The first kappa shape index (κ1) is 14.3. The van der Waals surface area contributed by atoms with Gasteiger partial charge in [0.15, 0.2) is 0 Å². The van der Waals surface area contributed by atoms with E-state index in [1.54, 1.807) is 31.2 Å². The van der Waals surface area contributed by atoms with E-state index < -0.39 is 0 Å². The van der Waals surface area contributed by atoms with E-state index in [-0.39, 0.29) is 5.56 Å². The molecule has 3 aromatic rings. The second-order valence-corrected chi connectivity index (χ2v) is 6.00. The summed E-state index contributed by atoms with van der Waals surface area (Å²) in [6.45, 7) is 1.73. The van der Waals surface area contributed by atoms with Gasteiger partial charge in [0, 0.05) is 5.56 Å². The van der Waals surface area contributed by atoms with Gasteiger partial charge in [-0.1, -0.05) is 29.3 Å². The first-order valence-corrected chi connectivity index (χ1v) is 7.66. The van der Waals surface area contributed by atoms with E-state index in [4.69, 9.17) is 23.2 Å². The molecule has 0 amide bonds. The van der Waals surface area contributed by atoms with Crippen LogP contribution in [0.25, 0.3) is 10.2 Å². The number of hydrogen-bond acceptors (Lipinski definition) is 4.